The Morgan fingerprint density at radius 2 is 1.93 bits per heavy atom. The SMILES string of the molecule is CCOc1ccc(N2C(=S)N[C@@H](c3ccccn3)[C@@H]2c2cccn2C)cc1. The molecule has 4 rings (SSSR count). The monoisotopic (exact) mass is 378 g/mol. The summed E-state index contributed by atoms with van der Waals surface area (Å²) in [4.78, 5) is 6.74. The largest absolute Gasteiger partial charge is 0.494 e. The highest BCUT2D eigenvalue weighted by Gasteiger charge is 2.41. The smallest absolute Gasteiger partial charge is 0.174 e. The van der Waals surface area contributed by atoms with E-state index in [-0.39, 0.29) is 12.1 Å². The zero-order valence-corrected chi connectivity index (χ0v) is 16.2. The molecule has 0 saturated carbocycles. The lowest BCUT2D eigenvalue weighted by Crippen LogP contribution is -2.30. The first-order valence-corrected chi connectivity index (χ1v) is 9.44. The van der Waals surface area contributed by atoms with Crippen LogP contribution in [0.15, 0.2) is 67.0 Å². The highest BCUT2D eigenvalue weighted by Crippen LogP contribution is 2.41. The topological polar surface area (TPSA) is 42.3 Å². The predicted molar refractivity (Wildman–Crippen MR) is 111 cm³/mol. The lowest BCUT2D eigenvalue weighted by Gasteiger charge is -2.28. The Kier molecular flexibility index (Phi) is 4.81. The standard InChI is InChI=1S/C21H22N4OS/c1-3-26-16-11-9-15(10-12-16)25-20(18-8-6-14-24(18)2)19(23-21(25)27)17-7-4-5-13-22-17/h4-14,19-20H,3H2,1-2H3,(H,23,27)/t19-,20-/m0/s1. The zero-order chi connectivity index (χ0) is 18.8. The lowest BCUT2D eigenvalue weighted by molar-refractivity contribution is 0.340. The van der Waals surface area contributed by atoms with Crippen LogP contribution in [0.25, 0.3) is 0 Å². The van der Waals surface area contributed by atoms with Gasteiger partial charge in [0, 0.05) is 30.8 Å². The molecule has 5 nitrogen and oxygen atoms in total. The molecule has 0 unspecified atom stereocenters. The van der Waals surface area contributed by atoms with E-state index >= 15 is 0 Å². The molecule has 0 radical (unpaired) electrons. The third-order valence-corrected chi connectivity index (χ3v) is 5.13. The molecule has 0 amide bonds. The van der Waals surface area contributed by atoms with Gasteiger partial charge in [-0.05, 0) is 67.7 Å². The molecular weight excluding hydrogens is 356 g/mol. The molecule has 1 aliphatic heterocycles. The van der Waals surface area contributed by atoms with Crippen molar-refractivity contribution in [3.63, 3.8) is 0 Å². The van der Waals surface area contributed by atoms with Gasteiger partial charge in [-0.25, -0.2) is 0 Å². The molecular formula is C21H22N4OS. The van der Waals surface area contributed by atoms with Gasteiger partial charge < -0.3 is 19.5 Å². The first-order valence-electron chi connectivity index (χ1n) is 9.04. The minimum absolute atomic E-state index is 0.00495. The first-order chi connectivity index (χ1) is 13.2. The molecule has 0 aliphatic carbocycles. The van der Waals surface area contributed by atoms with Crippen molar-refractivity contribution < 1.29 is 4.74 Å². The van der Waals surface area contributed by atoms with Crippen molar-refractivity contribution in [1.29, 1.82) is 0 Å². The van der Waals surface area contributed by atoms with Gasteiger partial charge in [0.15, 0.2) is 5.11 Å². The van der Waals surface area contributed by atoms with Gasteiger partial charge in [-0.2, -0.15) is 0 Å². The first kappa shape index (κ1) is 17.5. The van der Waals surface area contributed by atoms with Crippen LogP contribution in [0.4, 0.5) is 5.69 Å². The van der Waals surface area contributed by atoms with Gasteiger partial charge in [0.1, 0.15) is 11.8 Å². The van der Waals surface area contributed by atoms with Gasteiger partial charge in [0.25, 0.3) is 0 Å². The van der Waals surface area contributed by atoms with Crippen molar-refractivity contribution >= 4 is 23.0 Å². The Morgan fingerprint density at radius 1 is 1.11 bits per heavy atom. The number of anilines is 1. The third-order valence-electron chi connectivity index (χ3n) is 4.81. The van der Waals surface area contributed by atoms with Crippen molar-refractivity contribution in [2.75, 3.05) is 11.5 Å². The van der Waals surface area contributed by atoms with Crippen LogP contribution < -0.4 is 15.0 Å². The number of aromatic nitrogens is 2. The molecule has 1 saturated heterocycles. The molecule has 3 heterocycles. The van der Waals surface area contributed by atoms with Gasteiger partial charge in [0.2, 0.25) is 0 Å². The Hall–Kier alpha value is -2.86. The number of hydrogen-bond donors (Lipinski definition) is 1. The van der Waals surface area contributed by atoms with Crippen LogP contribution in [0.1, 0.15) is 30.4 Å². The van der Waals surface area contributed by atoms with E-state index in [4.69, 9.17) is 17.0 Å². The van der Waals surface area contributed by atoms with Gasteiger partial charge in [-0.3, -0.25) is 4.98 Å². The number of aryl methyl sites for hydroxylation is 1. The third kappa shape index (κ3) is 3.28. The summed E-state index contributed by atoms with van der Waals surface area (Å²) in [5.41, 5.74) is 3.17. The number of hydrogen-bond acceptors (Lipinski definition) is 3. The van der Waals surface area contributed by atoms with Gasteiger partial charge in [-0.15, -0.1) is 0 Å². The molecule has 0 spiro atoms. The number of pyridine rings is 1. The molecule has 2 atom stereocenters. The van der Waals surface area contributed by atoms with E-state index in [0.717, 1.165) is 17.1 Å². The van der Waals surface area contributed by atoms with Crippen LogP contribution in [-0.4, -0.2) is 21.3 Å². The van der Waals surface area contributed by atoms with E-state index < -0.39 is 0 Å². The van der Waals surface area contributed by atoms with E-state index in [1.807, 2.05) is 43.5 Å². The molecule has 3 aromatic rings. The van der Waals surface area contributed by atoms with Crippen LogP contribution in [0, 0.1) is 0 Å². The van der Waals surface area contributed by atoms with Crippen molar-refractivity contribution in [2.45, 2.75) is 19.0 Å². The van der Waals surface area contributed by atoms with Crippen molar-refractivity contribution in [2.24, 2.45) is 7.05 Å². The highest BCUT2D eigenvalue weighted by atomic mass is 32.1. The summed E-state index contributed by atoms with van der Waals surface area (Å²) in [6, 6.07) is 18.2. The average Bonchev–Trinajstić information content (AvgIpc) is 3.26. The Morgan fingerprint density at radius 3 is 2.56 bits per heavy atom. The Bertz CT molecular complexity index is 923. The fourth-order valence-electron chi connectivity index (χ4n) is 3.58. The molecule has 1 N–H and O–H groups in total. The Balaban J connectivity index is 1.77. The molecule has 27 heavy (non-hydrogen) atoms. The summed E-state index contributed by atoms with van der Waals surface area (Å²) >= 11 is 5.72. The second-order valence-electron chi connectivity index (χ2n) is 6.47. The molecule has 6 heteroatoms. The number of ether oxygens (including phenoxy) is 1. The lowest BCUT2D eigenvalue weighted by atomic mass is 10.0. The fraction of sp³-hybridized carbons (Fsp3) is 0.238. The van der Waals surface area contributed by atoms with Gasteiger partial charge in [-0.1, -0.05) is 6.07 Å². The van der Waals surface area contributed by atoms with Crippen LogP contribution in [0.5, 0.6) is 5.75 Å². The summed E-state index contributed by atoms with van der Waals surface area (Å²) in [6.07, 6.45) is 3.88. The summed E-state index contributed by atoms with van der Waals surface area (Å²) in [6.45, 7) is 2.63. The number of rotatable bonds is 5. The van der Waals surface area contributed by atoms with E-state index in [1.54, 1.807) is 0 Å². The van der Waals surface area contributed by atoms with Crippen molar-refractivity contribution in [3.05, 3.63) is 78.4 Å². The maximum Gasteiger partial charge on any atom is 0.174 e. The minimum Gasteiger partial charge on any atom is -0.494 e. The fourth-order valence-corrected chi connectivity index (χ4v) is 3.93. The predicted octanol–water partition coefficient (Wildman–Crippen LogP) is 4.00. The molecule has 138 valence electrons. The van der Waals surface area contributed by atoms with Gasteiger partial charge >= 0.3 is 0 Å². The maximum atomic E-state index is 5.72. The number of thiocarbonyl (C=S) groups is 1. The zero-order valence-electron chi connectivity index (χ0n) is 15.4. The molecule has 2 aromatic heterocycles. The average molecular weight is 379 g/mol. The van der Waals surface area contributed by atoms with Crippen LogP contribution in [0.2, 0.25) is 0 Å². The quantitative estimate of drug-likeness (QED) is 0.680. The Labute approximate surface area is 164 Å². The van der Waals surface area contributed by atoms with E-state index in [0.29, 0.717) is 11.7 Å². The minimum atomic E-state index is -0.0288. The van der Waals surface area contributed by atoms with Crippen molar-refractivity contribution in [3.8, 4) is 5.75 Å². The molecule has 1 fully saturated rings. The summed E-state index contributed by atoms with van der Waals surface area (Å²) in [7, 11) is 2.06. The number of benzene rings is 1. The van der Waals surface area contributed by atoms with E-state index in [1.165, 1.54) is 5.69 Å². The number of nitrogens with zero attached hydrogens (tertiary/aromatic N) is 3. The highest BCUT2D eigenvalue weighted by molar-refractivity contribution is 7.80. The molecule has 0 bridgehead atoms. The van der Waals surface area contributed by atoms with Crippen LogP contribution >= 0.6 is 12.2 Å². The second kappa shape index (κ2) is 7.40. The molecule has 1 aliphatic rings. The van der Waals surface area contributed by atoms with E-state index in [2.05, 4.69) is 57.3 Å². The summed E-state index contributed by atoms with van der Waals surface area (Å²) < 4.78 is 7.71. The summed E-state index contributed by atoms with van der Waals surface area (Å²) in [5.74, 6) is 0.857. The van der Waals surface area contributed by atoms with Crippen LogP contribution in [0.3, 0.4) is 0 Å². The van der Waals surface area contributed by atoms with Gasteiger partial charge in [0.05, 0.1) is 18.3 Å². The summed E-state index contributed by atoms with van der Waals surface area (Å²) in [5, 5.41) is 4.17. The van der Waals surface area contributed by atoms with Crippen LogP contribution in [-0.2, 0) is 7.05 Å². The van der Waals surface area contributed by atoms with E-state index in [9.17, 15) is 0 Å². The normalized spacial score (nSPS) is 19.2. The second-order valence-corrected chi connectivity index (χ2v) is 6.85. The van der Waals surface area contributed by atoms with Crippen molar-refractivity contribution in [1.82, 2.24) is 14.9 Å². The molecule has 1 aromatic carbocycles. The maximum absolute atomic E-state index is 5.72. The number of nitrogens with one attached hydrogen (secondary N) is 1.